The molecule has 1 aromatic heterocycles. The van der Waals surface area contributed by atoms with Crippen molar-refractivity contribution in [3.8, 4) is 11.3 Å². The van der Waals surface area contributed by atoms with Gasteiger partial charge in [0.15, 0.2) is 5.69 Å². The number of aliphatic hydroxyl groups excluding tert-OH is 1. The molecule has 2 atom stereocenters. The third-order valence-corrected chi connectivity index (χ3v) is 4.08. The predicted octanol–water partition coefficient (Wildman–Crippen LogP) is 1.62. The molecule has 0 unspecified atom stereocenters. The van der Waals surface area contributed by atoms with Crippen molar-refractivity contribution < 1.29 is 14.6 Å². The lowest BCUT2D eigenvalue weighted by molar-refractivity contribution is 0.0520. The first-order valence-corrected chi connectivity index (χ1v) is 7.90. The highest BCUT2D eigenvalue weighted by Crippen LogP contribution is 2.29. The van der Waals surface area contributed by atoms with E-state index in [1.807, 2.05) is 34.9 Å². The van der Waals surface area contributed by atoms with Gasteiger partial charge in [0.25, 0.3) is 0 Å². The van der Waals surface area contributed by atoms with Crippen LogP contribution >= 0.6 is 0 Å². The van der Waals surface area contributed by atoms with Gasteiger partial charge in [-0.25, -0.2) is 9.78 Å². The van der Waals surface area contributed by atoms with Crippen molar-refractivity contribution in [3.05, 3.63) is 42.4 Å². The van der Waals surface area contributed by atoms with Crippen LogP contribution < -0.4 is 5.32 Å². The number of esters is 1. The summed E-state index contributed by atoms with van der Waals surface area (Å²) < 4.78 is 7.01. The van der Waals surface area contributed by atoms with Crippen LogP contribution in [-0.4, -0.2) is 46.4 Å². The van der Waals surface area contributed by atoms with Gasteiger partial charge in [-0.15, -0.1) is 0 Å². The van der Waals surface area contributed by atoms with Crippen LogP contribution in [0.1, 0.15) is 29.9 Å². The second-order valence-corrected chi connectivity index (χ2v) is 5.56. The van der Waals surface area contributed by atoms with E-state index in [4.69, 9.17) is 4.74 Å². The maximum atomic E-state index is 12.2. The molecule has 0 radical (unpaired) electrons. The highest BCUT2D eigenvalue weighted by atomic mass is 16.5. The summed E-state index contributed by atoms with van der Waals surface area (Å²) in [4.78, 5) is 16.5. The molecule has 23 heavy (non-hydrogen) atoms. The third-order valence-electron chi connectivity index (χ3n) is 4.08. The fraction of sp³-hybridized carbons (Fsp3) is 0.412. The maximum absolute atomic E-state index is 12.2. The number of ether oxygens (including phenoxy) is 1. The molecule has 2 N–H and O–H groups in total. The lowest BCUT2D eigenvalue weighted by atomic mass is 10.0. The van der Waals surface area contributed by atoms with Crippen LogP contribution in [0.3, 0.4) is 0 Å². The van der Waals surface area contributed by atoms with Crippen molar-refractivity contribution in [2.45, 2.75) is 25.5 Å². The Kier molecular flexibility index (Phi) is 4.73. The Morgan fingerprint density at radius 3 is 2.91 bits per heavy atom. The highest BCUT2D eigenvalue weighted by molar-refractivity contribution is 5.94. The molecule has 1 saturated heterocycles. The van der Waals surface area contributed by atoms with Gasteiger partial charge in [-0.2, -0.15) is 0 Å². The number of rotatable bonds is 4. The number of benzene rings is 1. The third kappa shape index (κ3) is 3.13. The number of piperidine rings is 1. The van der Waals surface area contributed by atoms with E-state index >= 15 is 0 Å². The molecule has 0 amide bonds. The zero-order valence-corrected chi connectivity index (χ0v) is 13.1. The molecule has 6 nitrogen and oxygen atoms in total. The first kappa shape index (κ1) is 15.7. The molecular formula is C17H21N3O3. The van der Waals surface area contributed by atoms with Crippen molar-refractivity contribution in [2.24, 2.45) is 0 Å². The summed E-state index contributed by atoms with van der Waals surface area (Å²) >= 11 is 0. The number of hydrogen-bond acceptors (Lipinski definition) is 5. The van der Waals surface area contributed by atoms with Crippen molar-refractivity contribution in [1.29, 1.82) is 0 Å². The zero-order valence-electron chi connectivity index (χ0n) is 13.1. The van der Waals surface area contributed by atoms with Crippen LogP contribution in [-0.2, 0) is 4.74 Å². The molecule has 0 spiro atoms. The highest BCUT2D eigenvalue weighted by Gasteiger charge is 2.29. The van der Waals surface area contributed by atoms with Crippen LogP contribution in [0.5, 0.6) is 0 Å². The number of carbonyl (C=O) groups is 1. The van der Waals surface area contributed by atoms with Crippen molar-refractivity contribution in [2.75, 3.05) is 19.7 Å². The maximum Gasteiger partial charge on any atom is 0.359 e. The summed E-state index contributed by atoms with van der Waals surface area (Å²) in [7, 11) is 0. The van der Waals surface area contributed by atoms with E-state index in [0.29, 0.717) is 25.3 Å². The Bertz CT molecular complexity index is 669. The first-order chi connectivity index (χ1) is 11.2. The van der Waals surface area contributed by atoms with Gasteiger partial charge in [-0.1, -0.05) is 30.3 Å². The SMILES string of the molecule is CCOC(=O)c1ncn([C@H]2CNCC[C@@H]2O)c1-c1ccccc1. The van der Waals surface area contributed by atoms with Crippen LogP contribution in [0, 0.1) is 0 Å². The molecule has 1 aliphatic rings. The first-order valence-electron chi connectivity index (χ1n) is 7.90. The molecule has 1 fully saturated rings. The van der Waals surface area contributed by atoms with Crippen LogP contribution in [0.2, 0.25) is 0 Å². The summed E-state index contributed by atoms with van der Waals surface area (Å²) in [5.41, 5.74) is 1.86. The average molecular weight is 315 g/mol. The zero-order chi connectivity index (χ0) is 16.2. The van der Waals surface area contributed by atoms with Gasteiger partial charge >= 0.3 is 5.97 Å². The van der Waals surface area contributed by atoms with Gasteiger partial charge in [0.1, 0.15) is 0 Å². The summed E-state index contributed by atoms with van der Waals surface area (Å²) in [5, 5.41) is 13.6. The smallest absolute Gasteiger partial charge is 0.359 e. The van der Waals surface area contributed by atoms with Crippen LogP contribution in [0.4, 0.5) is 0 Å². The number of nitrogens with zero attached hydrogens (tertiary/aromatic N) is 2. The molecule has 2 heterocycles. The van der Waals surface area contributed by atoms with Crippen LogP contribution in [0.25, 0.3) is 11.3 Å². The molecule has 0 aliphatic carbocycles. The van der Waals surface area contributed by atoms with E-state index < -0.39 is 12.1 Å². The number of aliphatic hydroxyl groups is 1. The summed E-state index contributed by atoms with van der Waals surface area (Å²) in [6.07, 6.45) is 1.82. The van der Waals surface area contributed by atoms with Gasteiger partial charge in [-0.3, -0.25) is 0 Å². The molecule has 2 aromatic rings. The summed E-state index contributed by atoms with van der Waals surface area (Å²) in [6, 6.07) is 9.45. The second kappa shape index (κ2) is 6.93. The Morgan fingerprint density at radius 2 is 2.22 bits per heavy atom. The molecule has 1 aromatic carbocycles. The quantitative estimate of drug-likeness (QED) is 0.839. The van der Waals surface area contributed by atoms with E-state index in [-0.39, 0.29) is 11.7 Å². The average Bonchev–Trinajstić information content (AvgIpc) is 3.01. The molecule has 3 rings (SSSR count). The van der Waals surface area contributed by atoms with E-state index in [2.05, 4.69) is 10.3 Å². The molecule has 0 bridgehead atoms. The fourth-order valence-corrected chi connectivity index (χ4v) is 2.96. The Balaban J connectivity index is 2.07. The van der Waals surface area contributed by atoms with Gasteiger partial charge in [0, 0.05) is 12.1 Å². The fourth-order valence-electron chi connectivity index (χ4n) is 2.96. The Morgan fingerprint density at radius 1 is 1.43 bits per heavy atom. The molecule has 122 valence electrons. The number of imidazole rings is 1. The minimum atomic E-state index is -0.469. The normalized spacial score (nSPS) is 21.1. The minimum absolute atomic E-state index is 0.158. The second-order valence-electron chi connectivity index (χ2n) is 5.56. The predicted molar refractivity (Wildman–Crippen MR) is 86.2 cm³/mol. The minimum Gasteiger partial charge on any atom is -0.461 e. The van der Waals surface area contributed by atoms with E-state index in [9.17, 15) is 9.90 Å². The summed E-state index contributed by atoms with van der Waals surface area (Å²) in [6.45, 7) is 3.50. The number of carbonyl (C=O) groups excluding carboxylic acids is 1. The van der Waals surface area contributed by atoms with Crippen molar-refractivity contribution in [1.82, 2.24) is 14.9 Å². The van der Waals surface area contributed by atoms with Gasteiger partial charge in [0.2, 0.25) is 0 Å². The van der Waals surface area contributed by atoms with E-state index in [1.165, 1.54) is 0 Å². The molecule has 0 saturated carbocycles. The van der Waals surface area contributed by atoms with E-state index in [0.717, 1.165) is 12.1 Å². The van der Waals surface area contributed by atoms with Crippen LogP contribution in [0.15, 0.2) is 36.7 Å². The lowest BCUT2D eigenvalue weighted by Crippen LogP contribution is -2.41. The van der Waals surface area contributed by atoms with Crippen molar-refractivity contribution >= 4 is 5.97 Å². The molecule has 1 aliphatic heterocycles. The topological polar surface area (TPSA) is 76.4 Å². The Labute approximate surface area is 135 Å². The number of aromatic nitrogens is 2. The standard InChI is InChI=1S/C17H21N3O3/c1-2-23-17(22)15-16(12-6-4-3-5-7-12)20(11-19-15)13-10-18-9-8-14(13)21/h3-7,11,13-14,18,21H,2,8-10H2,1H3/t13-,14-/m0/s1. The lowest BCUT2D eigenvalue weighted by Gasteiger charge is -2.30. The van der Waals surface area contributed by atoms with Gasteiger partial charge in [0.05, 0.1) is 30.8 Å². The monoisotopic (exact) mass is 315 g/mol. The summed E-state index contributed by atoms with van der Waals surface area (Å²) in [5.74, 6) is -0.441. The number of hydrogen-bond donors (Lipinski definition) is 2. The number of nitrogens with one attached hydrogen (secondary N) is 1. The van der Waals surface area contributed by atoms with Gasteiger partial charge in [-0.05, 0) is 19.9 Å². The largest absolute Gasteiger partial charge is 0.461 e. The molecule has 6 heteroatoms. The Hall–Kier alpha value is -2.18. The van der Waals surface area contributed by atoms with Crippen molar-refractivity contribution in [3.63, 3.8) is 0 Å². The van der Waals surface area contributed by atoms with E-state index in [1.54, 1.807) is 13.3 Å². The molecular weight excluding hydrogens is 294 g/mol. The van der Waals surface area contributed by atoms with Gasteiger partial charge < -0.3 is 19.7 Å².